The molecule has 1 aromatic carbocycles. The van der Waals surface area contributed by atoms with E-state index in [2.05, 4.69) is 20.8 Å². The molecule has 4 fully saturated rings. The SMILES string of the molecule is CC1=C2[C@H]3OC(C)(C)O[C@@H]3[C@]3(C)CCCC(=O)[C@H]3[C@@H]3OC(c4ccccc4)O[C@@]3(C[C@@H]1O)C2(C)C. The molecule has 2 aliphatic heterocycles. The van der Waals surface area contributed by atoms with Crippen molar-refractivity contribution in [2.24, 2.45) is 16.7 Å². The number of hydrogen-bond donors (Lipinski definition) is 1. The molecule has 1 aromatic rings. The van der Waals surface area contributed by atoms with Crippen LogP contribution >= 0.6 is 0 Å². The second kappa shape index (κ2) is 7.48. The summed E-state index contributed by atoms with van der Waals surface area (Å²) in [5.74, 6) is -1.01. The van der Waals surface area contributed by atoms with Gasteiger partial charge in [-0.15, -0.1) is 0 Å². The van der Waals surface area contributed by atoms with Crippen LogP contribution in [0.5, 0.6) is 0 Å². The molecule has 1 spiro atoms. The van der Waals surface area contributed by atoms with Crippen LogP contribution in [-0.4, -0.2) is 46.7 Å². The Kier molecular flexibility index (Phi) is 5.09. The number of Topliss-reactive ketones (excluding diaryl/α,β-unsaturated/α-hetero) is 1. The van der Waals surface area contributed by atoms with Crippen LogP contribution < -0.4 is 0 Å². The highest BCUT2D eigenvalue weighted by Gasteiger charge is 2.73. The topological polar surface area (TPSA) is 74.2 Å². The highest BCUT2D eigenvalue weighted by Crippen LogP contribution is 2.66. The molecule has 8 atom stereocenters. The van der Waals surface area contributed by atoms with Crippen molar-refractivity contribution >= 4 is 5.78 Å². The summed E-state index contributed by atoms with van der Waals surface area (Å²) in [5.41, 5.74) is 0.949. The standard InChI is InChI=1S/C29H38O6/c1-16-19(31)15-29-23(32-25(35-29)17-11-8-7-9-12-17)21-18(30)13-10-14-28(21,6)24-22(20(16)26(29,2)3)33-27(4,5)34-24/h7-9,11-12,19,21-25,31H,10,13-15H2,1-6H3/t19-,21-,22+,23-,24-,25?,28+,29+/m0/s1. The Hall–Kier alpha value is -1.57. The van der Waals surface area contributed by atoms with E-state index in [1.807, 2.05) is 51.1 Å². The first-order valence-corrected chi connectivity index (χ1v) is 13.1. The van der Waals surface area contributed by atoms with Gasteiger partial charge in [-0.3, -0.25) is 4.79 Å². The van der Waals surface area contributed by atoms with Crippen LogP contribution in [0.2, 0.25) is 0 Å². The summed E-state index contributed by atoms with van der Waals surface area (Å²) >= 11 is 0. The maximum absolute atomic E-state index is 13.8. The zero-order valence-corrected chi connectivity index (χ0v) is 21.7. The summed E-state index contributed by atoms with van der Waals surface area (Å²) in [6.45, 7) is 12.4. The molecule has 2 saturated carbocycles. The van der Waals surface area contributed by atoms with Gasteiger partial charge in [0.1, 0.15) is 23.6 Å². The van der Waals surface area contributed by atoms with E-state index in [-0.39, 0.29) is 18.0 Å². The lowest BCUT2D eigenvalue weighted by Crippen LogP contribution is -2.68. The normalized spacial score (nSPS) is 45.9. The van der Waals surface area contributed by atoms with Crippen LogP contribution in [0, 0.1) is 16.7 Å². The fourth-order valence-corrected chi connectivity index (χ4v) is 8.09. The number of carbonyl (C=O) groups is 1. The summed E-state index contributed by atoms with van der Waals surface area (Å²) in [6, 6.07) is 9.92. The lowest BCUT2D eigenvalue weighted by molar-refractivity contribution is -0.185. The van der Waals surface area contributed by atoms with Crippen molar-refractivity contribution in [3.8, 4) is 0 Å². The number of carbonyl (C=O) groups excluding carboxylic acids is 1. The monoisotopic (exact) mass is 482 g/mol. The van der Waals surface area contributed by atoms with Crippen molar-refractivity contribution in [3.63, 3.8) is 0 Å². The minimum Gasteiger partial charge on any atom is -0.389 e. The molecule has 6 rings (SSSR count). The van der Waals surface area contributed by atoms with E-state index in [9.17, 15) is 9.90 Å². The molecule has 5 aliphatic rings. The van der Waals surface area contributed by atoms with Gasteiger partial charge in [0.2, 0.25) is 0 Å². The van der Waals surface area contributed by atoms with E-state index < -0.39 is 46.6 Å². The van der Waals surface area contributed by atoms with E-state index in [1.165, 1.54) is 0 Å². The highest BCUT2D eigenvalue weighted by molar-refractivity contribution is 5.84. The zero-order valence-electron chi connectivity index (χ0n) is 21.7. The third-order valence-electron chi connectivity index (χ3n) is 9.80. The van der Waals surface area contributed by atoms with Gasteiger partial charge in [0, 0.05) is 29.2 Å². The van der Waals surface area contributed by atoms with Gasteiger partial charge in [0.05, 0.1) is 18.1 Å². The van der Waals surface area contributed by atoms with Crippen LogP contribution in [0.3, 0.4) is 0 Å². The quantitative estimate of drug-likeness (QED) is 0.577. The second-order valence-electron chi connectivity index (χ2n) is 12.5. The van der Waals surface area contributed by atoms with Gasteiger partial charge >= 0.3 is 0 Å². The lowest BCUT2D eigenvalue weighted by Gasteiger charge is -2.60. The first-order valence-electron chi connectivity index (χ1n) is 13.1. The smallest absolute Gasteiger partial charge is 0.185 e. The molecule has 1 N–H and O–H groups in total. The lowest BCUT2D eigenvalue weighted by atomic mass is 9.48. The van der Waals surface area contributed by atoms with E-state index in [1.54, 1.807) is 0 Å². The number of benzene rings is 1. The van der Waals surface area contributed by atoms with Crippen LogP contribution in [0.4, 0.5) is 0 Å². The van der Waals surface area contributed by atoms with Gasteiger partial charge < -0.3 is 24.1 Å². The minimum absolute atomic E-state index is 0.201. The molecule has 0 aromatic heterocycles. The van der Waals surface area contributed by atoms with Crippen molar-refractivity contribution in [3.05, 3.63) is 47.0 Å². The van der Waals surface area contributed by atoms with Crippen molar-refractivity contribution in [1.29, 1.82) is 0 Å². The van der Waals surface area contributed by atoms with E-state index in [0.717, 1.165) is 29.6 Å². The number of ketones is 1. The van der Waals surface area contributed by atoms with Gasteiger partial charge in [0.25, 0.3) is 0 Å². The maximum Gasteiger partial charge on any atom is 0.185 e. The molecule has 6 nitrogen and oxygen atoms in total. The predicted octanol–water partition coefficient (Wildman–Crippen LogP) is 4.86. The molecule has 35 heavy (non-hydrogen) atoms. The second-order valence-corrected chi connectivity index (χ2v) is 12.5. The Balaban J connectivity index is 1.61. The molecular weight excluding hydrogens is 444 g/mol. The molecule has 2 bridgehead atoms. The average molecular weight is 483 g/mol. The molecule has 2 heterocycles. The first-order chi connectivity index (χ1) is 16.4. The van der Waals surface area contributed by atoms with Gasteiger partial charge in [0.15, 0.2) is 12.1 Å². The Morgan fingerprint density at radius 3 is 2.40 bits per heavy atom. The summed E-state index contributed by atoms with van der Waals surface area (Å²) < 4.78 is 27.1. The Morgan fingerprint density at radius 1 is 0.971 bits per heavy atom. The van der Waals surface area contributed by atoms with Crippen molar-refractivity contribution in [2.45, 2.75) is 109 Å². The first kappa shape index (κ1) is 23.8. The Labute approximate surface area is 208 Å². The van der Waals surface area contributed by atoms with Crippen LogP contribution in [0.1, 0.15) is 79.1 Å². The molecule has 1 unspecified atom stereocenters. The molecular formula is C29H38O6. The molecule has 6 heteroatoms. The van der Waals surface area contributed by atoms with Gasteiger partial charge in [-0.05, 0) is 44.8 Å². The summed E-state index contributed by atoms with van der Waals surface area (Å²) in [7, 11) is 0. The molecule has 3 aliphatic carbocycles. The number of hydrogen-bond acceptors (Lipinski definition) is 6. The average Bonchev–Trinajstić information content (AvgIpc) is 3.31. The summed E-state index contributed by atoms with van der Waals surface area (Å²) in [4.78, 5) is 13.8. The third kappa shape index (κ3) is 3.10. The van der Waals surface area contributed by atoms with E-state index >= 15 is 0 Å². The number of aliphatic hydroxyl groups is 1. The number of ether oxygens (including phenoxy) is 4. The van der Waals surface area contributed by atoms with Gasteiger partial charge in [-0.25, -0.2) is 0 Å². The van der Waals surface area contributed by atoms with Crippen LogP contribution in [0.25, 0.3) is 0 Å². The fourth-order valence-electron chi connectivity index (χ4n) is 8.09. The van der Waals surface area contributed by atoms with Crippen LogP contribution in [0.15, 0.2) is 41.5 Å². The van der Waals surface area contributed by atoms with E-state index in [0.29, 0.717) is 12.8 Å². The highest BCUT2D eigenvalue weighted by atomic mass is 16.8. The molecule has 0 radical (unpaired) electrons. The number of rotatable bonds is 1. The molecule has 0 amide bonds. The largest absolute Gasteiger partial charge is 0.389 e. The number of fused-ring (bicyclic) bond motifs is 6. The van der Waals surface area contributed by atoms with Crippen molar-refractivity contribution in [2.75, 3.05) is 0 Å². The Morgan fingerprint density at radius 2 is 1.69 bits per heavy atom. The molecule has 2 saturated heterocycles. The van der Waals surface area contributed by atoms with Gasteiger partial charge in [-0.1, -0.05) is 51.1 Å². The molecule has 190 valence electrons. The summed E-state index contributed by atoms with van der Waals surface area (Å²) in [6.07, 6.45) is 0.0631. The van der Waals surface area contributed by atoms with Crippen LogP contribution in [-0.2, 0) is 23.7 Å². The van der Waals surface area contributed by atoms with E-state index in [4.69, 9.17) is 18.9 Å². The Bertz CT molecular complexity index is 1080. The summed E-state index contributed by atoms with van der Waals surface area (Å²) in [5, 5.41) is 11.4. The fraction of sp³-hybridized carbons (Fsp3) is 0.690. The van der Waals surface area contributed by atoms with Crippen molar-refractivity contribution < 1.29 is 28.8 Å². The number of aliphatic hydroxyl groups excluding tert-OH is 1. The predicted molar refractivity (Wildman–Crippen MR) is 129 cm³/mol. The zero-order chi connectivity index (χ0) is 25.0. The minimum atomic E-state index is -0.887. The third-order valence-corrected chi connectivity index (χ3v) is 9.80. The maximum atomic E-state index is 13.8. The van der Waals surface area contributed by atoms with Crippen molar-refractivity contribution in [1.82, 2.24) is 0 Å². The van der Waals surface area contributed by atoms with Gasteiger partial charge in [-0.2, -0.15) is 0 Å².